The molecule has 1 fully saturated rings. The minimum Gasteiger partial charge on any atom is -0.480 e. The van der Waals surface area contributed by atoms with Gasteiger partial charge < -0.3 is 15.3 Å². The molecular weight excluding hydrogens is 196 g/mol. The van der Waals surface area contributed by atoms with E-state index in [0.29, 0.717) is 5.92 Å². The Morgan fingerprint density at radius 2 is 2.20 bits per heavy atom. The van der Waals surface area contributed by atoms with Gasteiger partial charge in [0.1, 0.15) is 6.04 Å². The number of amides is 2. The fourth-order valence-electron chi connectivity index (χ4n) is 1.71. The van der Waals surface area contributed by atoms with E-state index in [1.807, 2.05) is 0 Å². The number of rotatable bonds is 2. The molecule has 1 heterocycles. The number of likely N-dealkylation sites (tertiary alicyclic amines) is 1. The van der Waals surface area contributed by atoms with Crippen LogP contribution in [0.4, 0.5) is 4.79 Å². The van der Waals surface area contributed by atoms with Crippen molar-refractivity contribution in [2.75, 3.05) is 13.1 Å². The molecule has 2 unspecified atom stereocenters. The molecule has 0 aromatic heterocycles. The molecule has 1 saturated heterocycles. The third-order valence-corrected chi connectivity index (χ3v) is 2.65. The van der Waals surface area contributed by atoms with E-state index in [2.05, 4.69) is 12.2 Å². The molecule has 0 radical (unpaired) electrons. The van der Waals surface area contributed by atoms with Crippen LogP contribution in [0.15, 0.2) is 0 Å². The smallest absolute Gasteiger partial charge is 0.325 e. The molecule has 0 aliphatic carbocycles. The maximum absolute atomic E-state index is 11.6. The van der Waals surface area contributed by atoms with Gasteiger partial charge in [-0.15, -0.1) is 0 Å². The Labute approximate surface area is 89.4 Å². The Bertz CT molecular complexity index is 255. The number of piperidine rings is 1. The molecule has 0 spiro atoms. The van der Waals surface area contributed by atoms with Gasteiger partial charge in [0, 0.05) is 13.1 Å². The van der Waals surface area contributed by atoms with Crippen LogP contribution in [0.3, 0.4) is 0 Å². The molecular formula is C10H18N2O3. The first-order chi connectivity index (χ1) is 7.00. The minimum atomic E-state index is -1.01. The van der Waals surface area contributed by atoms with Crippen LogP contribution in [0.1, 0.15) is 26.7 Å². The molecule has 2 atom stereocenters. The summed E-state index contributed by atoms with van der Waals surface area (Å²) in [6.07, 6.45) is 2.13. The van der Waals surface area contributed by atoms with Crippen molar-refractivity contribution < 1.29 is 14.7 Å². The molecule has 86 valence electrons. The Hall–Kier alpha value is -1.26. The lowest BCUT2D eigenvalue weighted by molar-refractivity contribution is -0.138. The zero-order valence-electron chi connectivity index (χ0n) is 9.19. The fourth-order valence-corrected chi connectivity index (χ4v) is 1.71. The fraction of sp³-hybridized carbons (Fsp3) is 0.800. The number of carbonyl (C=O) groups is 2. The van der Waals surface area contributed by atoms with Crippen molar-refractivity contribution in [2.24, 2.45) is 5.92 Å². The quantitative estimate of drug-likeness (QED) is 0.717. The highest BCUT2D eigenvalue weighted by Crippen LogP contribution is 2.15. The van der Waals surface area contributed by atoms with Crippen LogP contribution >= 0.6 is 0 Å². The maximum Gasteiger partial charge on any atom is 0.325 e. The molecule has 0 aromatic carbocycles. The molecule has 0 aromatic rings. The zero-order valence-corrected chi connectivity index (χ0v) is 9.19. The van der Waals surface area contributed by atoms with Gasteiger partial charge in [-0.25, -0.2) is 4.79 Å². The summed E-state index contributed by atoms with van der Waals surface area (Å²) in [6, 6.07) is -1.09. The van der Waals surface area contributed by atoms with Gasteiger partial charge in [0.2, 0.25) is 0 Å². The molecule has 15 heavy (non-hydrogen) atoms. The maximum atomic E-state index is 11.6. The van der Waals surface area contributed by atoms with Crippen LogP contribution in [-0.2, 0) is 4.79 Å². The number of hydrogen-bond acceptors (Lipinski definition) is 2. The Morgan fingerprint density at radius 3 is 2.73 bits per heavy atom. The average Bonchev–Trinajstić information content (AvgIpc) is 2.17. The third-order valence-electron chi connectivity index (χ3n) is 2.65. The second-order valence-electron chi connectivity index (χ2n) is 4.20. The highest BCUT2D eigenvalue weighted by molar-refractivity contribution is 5.82. The molecule has 0 bridgehead atoms. The summed E-state index contributed by atoms with van der Waals surface area (Å²) in [5.74, 6) is -0.502. The number of carbonyl (C=O) groups excluding carboxylic acids is 1. The van der Waals surface area contributed by atoms with E-state index in [1.54, 1.807) is 4.90 Å². The van der Waals surface area contributed by atoms with E-state index in [-0.39, 0.29) is 6.03 Å². The van der Waals surface area contributed by atoms with Gasteiger partial charge in [0.05, 0.1) is 0 Å². The summed E-state index contributed by atoms with van der Waals surface area (Å²) in [4.78, 5) is 23.8. The first kappa shape index (κ1) is 11.8. The summed E-state index contributed by atoms with van der Waals surface area (Å²) < 4.78 is 0. The second kappa shape index (κ2) is 5.00. The van der Waals surface area contributed by atoms with Gasteiger partial charge in [-0.2, -0.15) is 0 Å². The van der Waals surface area contributed by atoms with Crippen LogP contribution < -0.4 is 5.32 Å². The van der Waals surface area contributed by atoms with Gasteiger partial charge >= 0.3 is 12.0 Å². The van der Waals surface area contributed by atoms with Crippen molar-refractivity contribution in [3.05, 3.63) is 0 Å². The van der Waals surface area contributed by atoms with Crippen molar-refractivity contribution >= 4 is 12.0 Å². The number of aliphatic carboxylic acids is 1. The standard InChI is InChI=1S/C10H18N2O3/c1-7-4-3-5-12(6-7)10(15)11-8(2)9(13)14/h7-8H,3-6H2,1-2H3,(H,11,15)(H,13,14). The Balaban J connectivity index is 2.42. The van der Waals surface area contributed by atoms with Gasteiger partial charge in [0.25, 0.3) is 0 Å². The van der Waals surface area contributed by atoms with E-state index in [9.17, 15) is 9.59 Å². The Kier molecular flexibility index (Phi) is 3.94. The van der Waals surface area contributed by atoms with Crippen LogP contribution in [-0.4, -0.2) is 41.1 Å². The molecule has 5 nitrogen and oxygen atoms in total. The summed E-state index contributed by atoms with van der Waals surface area (Å²) in [5.41, 5.74) is 0. The van der Waals surface area contributed by atoms with E-state index < -0.39 is 12.0 Å². The van der Waals surface area contributed by atoms with Crippen LogP contribution in [0.5, 0.6) is 0 Å². The summed E-state index contributed by atoms with van der Waals surface area (Å²) in [5, 5.41) is 11.1. The molecule has 2 amide bonds. The molecule has 1 aliphatic rings. The highest BCUT2D eigenvalue weighted by atomic mass is 16.4. The SMILES string of the molecule is CC1CCCN(C(=O)NC(C)C(=O)O)C1. The van der Waals surface area contributed by atoms with E-state index >= 15 is 0 Å². The van der Waals surface area contributed by atoms with Crippen molar-refractivity contribution in [2.45, 2.75) is 32.7 Å². The predicted molar refractivity (Wildman–Crippen MR) is 55.6 cm³/mol. The second-order valence-corrected chi connectivity index (χ2v) is 4.20. The van der Waals surface area contributed by atoms with Gasteiger partial charge in [-0.3, -0.25) is 4.79 Å². The number of carboxylic acids is 1. The summed E-state index contributed by atoms with van der Waals surface area (Å²) in [7, 11) is 0. The van der Waals surface area contributed by atoms with E-state index in [4.69, 9.17) is 5.11 Å². The molecule has 1 rings (SSSR count). The average molecular weight is 214 g/mol. The van der Waals surface area contributed by atoms with Crippen molar-refractivity contribution in [3.63, 3.8) is 0 Å². The lowest BCUT2D eigenvalue weighted by atomic mass is 10.0. The lowest BCUT2D eigenvalue weighted by Crippen LogP contribution is -2.49. The van der Waals surface area contributed by atoms with E-state index in [1.165, 1.54) is 6.92 Å². The Morgan fingerprint density at radius 1 is 1.53 bits per heavy atom. The molecule has 0 saturated carbocycles. The summed E-state index contributed by atoms with van der Waals surface area (Å²) >= 11 is 0. The minimum absolute atomic E-state index is 0.267. The normalized spacial score (nSPS) is 23.3. The van der Waals surface area contributed by atoms with E-state index in [0.717, 1.165) is 25.9 Å². The van der Waals surface area contributed by atoms with Crippen molar-refractivity contribution in [1.29, 1.82) is 0 Å². The number of carboxylic acid groups (broad SMARTS) is 1. The monoisotopic (exact) mass is 214 g/mol. The van der Waals surface area contributed by atoms with Gasteiger partial charge in [-0.05, 0) is 25.7 Å². The number of nitrogens with one attached hydrogen (secondary N) is 1. The first-order valence-electron chi connectivity index (χ1n) is 5.29. The molecule has 5 heteroatoms. The van der Waals surface area contributed by atoms with Gasteiger partial charge in [-0.1, -0.05) is 6.92 Å². The summed E-state index contributed by atoms with van der Waals surface area (Å²) in [6.45, 7) is 5.01. The van der Waals surface area contributed by atoms with Gasteiger partial charge in [0.15, 0.2) is 0 Å². The first-order valence-corrected chi connectivity index (χ1v) is 5.29. The predicted octanol–water partition coefficient (Wildman–Crippen LogP) is 0.901. The van der Waals surface area contributed by atoms with Crippen molar-refractivity contribution in [3.8, 4) is 0 Å². The molecule has 1 aliphatic heterocycles. The van der Waals surface area contributed by atoms with Crippen LogP contribution in [0.25, 0.3) is 0 Å². The van der Waals surface area contributed by atoms with Crippen LogP contribution in [0.2, 0.25) is 0 Å². The highest BCUT2D eigenvalue weighted by Gasteiger charge is 2.23. The number of urea groups is 1. The zero-order chi connectivity index (χ0) is 11.4. The number of hydrogen-bond donors (Lipinski definition) is 2. The topological polar surface area (TPSA) is 69.6 Å². The largest absolute Gasteiger partial charge is 0.480 e. The number of nitrogens with zero attached hydrogens (tertiary/aromatic N) is 1. The van der Waals surface area contributed by atoms with Crippen molar-refractivity contribution in [1.82, 2.24) is 10.2 Å². The molecule has 2 N–H and O–H groups in total. The third kappa shape index (κ3) is 3.42. The van der Waals surface area contributed by atoms with Crippen LogP contribution in [0, 0.1) is 5.92 Å². The lowest BCUT2D eigenvalue weighted by Gasteiger charge is -2.31.